The number of hydrogen-bond acceptors (Lipinski definition) is 5. The van der Waals surface area contributed by atoms with Crippen molar-refractivity contribution in [3.63, 3.8) is 0 Å². The average molecular weight is 293 g/mol. The van der Waals surface area contributed by atoms with Crippen LogP contribution < -0.4 is 10.1 Å². The summed E-state index contributed by atoms with van der Waals surface area (Å²) in [5, 5.41) is 3.05. The standard InChI is InChI=1S/C16H27N3O2/c1-4-12-7-6-8-13(9-12)21-16-10-14(17-3)18-15(19-16)11-20-5-2/h10,12-13H,4-9,11H2,1-3H3,(H,17,18,19). The first-order valence-corrected chi connectivity index (χ1v) is 8.05. The van der Waals surface area contributed by atoms with Crippen molar-refractivity contribution in [2.45, 2.75) is 58.7 Å². The van der Waals surface area contributed by atoms with Gasteiger partial charge in [-0.15, -0.1) is 0 Å². The molecule has 118 valence electrons. The van der Waals surface area contributed by atoms with E-state index in [1.54, 1.807) is 0 Å². The summed E-state index contributed by atoms with van der Waals surface area (Å²) in [6, 6.07) is 1.87. The average Bonchev–Trinajstić information content (AvgIpc) is 2.52. The Kier molecular flexibility index (Phi) is 6.23. The Balaban J connectivity index is 2.03. The number of anilines is 1. The summed E-state index contributed by atoms with van der Waals surface area (Å²) in [7, 11) is 1.85. The highest BCUT2D eigenvalue weighted by molar-refractivity contribution is 5.37. The van der Waals surface area contributed by atoms with Gasteiger partial charge in [0, 0.05) is 19.7 Å². The molecular formula is C16H27N3O2. The van der Waals surface area contributed by atoms with Crippen molar-refractivity contribution >= 4 is 5.82 Å². The van der Waals surface area contributed by atoms with Gasteiger partial charge < -0.3 is 14.8 Å². The van der Waals surface area contributed by atoms with Gasteiger partial charge in [0.1, 0.15) is 18.5 Å². The summed E-state index contributed by atoms with van der Waals surface area (Å²) in [6.45, 7) is 5.30. The van der Waals surface area contributed by atoms with Crippen molar-refractivity contribution in [2.24, 2.45) is 5.92 Å². The Labute approximate surface area is 127 Å². The molecule has 1 aliphatic rings. The van der Waals surface area contributed by atoms with Crippen LogP contribution in [0.25, 0.3) is 0 Å². The zero-order valence-corrected chi connectivity index (χ0v) is 13.4. The molecule has 0 amide bonds. The topological polar surface area (TPSA) is 56.3 Å². The van der Waals surface area contributed by atoms with Crippen LogP contribution in [-0.4, -0.2) is 29.7 Å². The molecule has 1 N–H and O–H groups in total. The lowest BCUT2D eigenvalue weighted by Crippen LogP contribution is -2.25. The summed E-state index contributed by atoms with van der Waals surface area (Å²) >= 11 is 0. The Morgan fingerprint density at radius 3 is 2.86 bits per heavy atom. The second kappa shape index (κ2) is 8.17. The van der Waals surface area contributed by atoms with Gasteiger partial charge in [0.05, 0.1) is 0 Å². The normalized spacial score (nSPS) is 22.0. The summed E-state index contributed by atoms with van der Waals surface area (Å²) in [6.07, 6.45) is 6.35. The molecule has 1 fully saturated rings. The largest absolute Gasteiger partial charge is 0.474 e. The van der Waals surface area contributed by atoms with Crippen molar-refractivity contribution in [3.05, 3.63) is 11.9 Å². The molecule has 2 atom stereocenters. The molecule has 1 saturated carbocycles. The Morgan fingerprint density at radius 1 is 1.29 bits per heavy atom. The quantitative estimate of drug-likeness (QED) is 0.835. The predicted octanol–water partition coefficient (Wildman–Crippen LogP) is 3.40. The van der Waals surface area contributed by atoms with Gasteiger partial charge in [-0.25, -0.2) is 4.98 Å². The molecule has 1 heterocycles. The number of aromatic nitrogens is 2. The molecular weight excluding hydrogens is 266 g/mol. The lowest BCUT2D eigenvalue weighted by atomic mass is 9.85. The van der Waals surface area contributed by atoms with E-state index in [4.69, 9.17) is 9.47 Å². The van der Waals surface area contributed by atoms with Gasteiger partial charge in [-0.05, 0) is 32.1 Å². The van der Waals surface area contributed by atoms with E-state index in [2.05, 4.69) is 22.2 Å². The molecule has 0 aliphatic heterocycles. The fourth-order valence-electron chi connectivity index (χ4n) is 2.81. The predicted molar refractivity (Wildman–Crippen MR) is 83.6 cm³/mol. The highest BCUT2D eigenvalue weighted by Crippen LogP contribution is 2.29. The van der Waals surface area contributed by atoms with Crippen LogP contribution in [0.15, 0.2) is 6.07 Å². The maximum absolute atomic E-state index is 6.10. The number of nitrogens with one attached hydrogen (secondary N) is 1. The summed E-state index contributed by atoms with van der Waals surface area (Å²) in [5.74, 6) is 2.89. The second-order valence-corrected chi connectivity index (χ2v) is 5.58. The van der Waals surface area contributed by atoms with E-state index in [-0.39, 0.29) is 6.10 Å². The zero-order chi connectivity index (χ0) is 15.1. The van der Waals surface area contributed by atoms with Gasteiger partial charge >= 0.3 is 0 Å². The number of rotatable bonds is 7. The third kappa shape index (κ3) is 4.84. The lowest BCUT2D eigenvalue weighted by molar-refractivity contribution is 0.111. The van der Waals surface area contributed by atoms with Crippen LogP contribution in [-0.2, 0) is 11.3 Å². The smallest absolute Gasteiger partial charge is 0.219 e. The van der Waals surface area contributed by atoms with Gasteiger partial charge in [-0.2, -0.15) is 4.98 Å². The molecule has 0 aromatic carbocycles. The van der Waals surface area contributed by atoms with Gasteiger partial charge in [0.25, 0.3) is 0 Å². The van der Waals surface area contributed by atoms with Crippen molar-refractivity contribution in [3.8, 4) is 5.88 Å². The first-order valence-electron chi connectivity index (χ1n) is 8.05. The molecule has 5 nitrogen and oxygen atoms in total. The molecule has 2 unspecified atom stereocenters. The molecule has 0 radical (unpaired) electrons. The Morgan fingerprint density at radius 2 is 2.14 bits per heavy atom. The van der Waals surface area contributed by atoms with E-state index in [1.807, 2.05) is 20.0 Å². The second-order valence-electron chi connectivity index (χ2n) is 5.58. The van der Waals surface area contributed by atoms with E-state index in [0.29, 0.717) is 24.9 Å². The minimum Gasteiger partial charge on any atom is -0.474 e. The van der Waals surface area contributed by atoms with Crippen LogP contribution in [0, 0.1) is 5.92 Å². The minimum atomic E-state index is 0.281. The van der Waals surface area contributed by atoms with Gasteiger partial charge in [0.2, 0.25) is 5.88 Å². The molecule has 1 aliphatic carbocycles. The van der Waals surface area contributed by atoms with E-state index in [1.165, 1.54) is 19.3 Å². The van der Waals surface area contributed by atoms with Crippen molar-refractivity contribution in [2.75, 3.05) is 19.0 Å². The van der Waals surface area contributed by atoms with Crippen LogP contribution in [0.5, 0.6) is 5.88 Å². The Hall–Kier alpha value is -1.36. The summed E-state index contributed by atoms with van der Waals surface area (Å²) < 4.78 is 11.5. The number of ether oxygens (including phenoxy) is 2. The first kappa shape index (κ1) is 16.0. The van der Waals surface area contributed by atoms with Gasteiger partial charge in [-0.3, -0.25) is 0 Å². The van der Waals surface area contributed by atoms with E-state index < -0.39 is 0 Å². The number of nitrogens with zero attached hydrogens (tertiary/aromatic N) is 2. The monoisotopic (exact) mass is 293 g/mol. The fourth-order valence-corrected chi connectivity index (χ4v) is 2.81. The number of hydrogen-bond donors (Lipinski definition) is 1. The highest BCUT2D eigenvalue weighted by atomic mass is 16.5. The fraction of sp³-hybridized carbons (Fsp3) is 0.750. The molecule has 2 rings (SSSR count). The summed E-state index contributed by atoms with van der Waals surface area (Å²) in [5.41, 5.74) is 0. The van der Waals surface area contributed by atoms with E-state index >= 15 is 0 Å². The van der Waals surface area contributed by atoms with Gasteiger partial charge in [-0.1, -0.05) is 19.8 Å². The third-order valence-corrected chi connectivity index (χ3v) is 4.04. The van der Waals surface area contributed by atoms with Crippen molar-refractivity contribution in [1.82, 2.24) is 9.97 Å². The van der Waals surface area contributed by atoms with Crippen LogP contribution in [0.3, 0.4) is 0 Å². The summed E-state index contributed by atoms with van der Waals surface area (Å²) in [4.78, 5) is 8.85. The molecule has 0 bridgehead atoms. The van der Waals surface area contributed by atoms with Crippen molar-refractivity contribution in [1.29, 1.82) is 0 Å². The van der Waals surface area contributed by atoms with Crippen LogP contribution in [0.2, 0.25) is 0 Å². The van der Waals surface area contributed by atoms with Crippen LogP contribution in [0.4, 0.5) is 5.82 Å². The molecule has 1 aromatic rings. The molecule has 5 heteroatoms. The first-order chi connectivity index (χ1) is 10.2. The van der Waals surface area contributed by atoms with Crippen molar-refractivity contribution < 1.29 is 9.47 Å². The van der Waals surface area contributed by atoms with Crippen LogP contribution >= 0.6 is 0 Å². The lowest BCUT2D eigenvalue weighted by Gasteiger charge is -2.28. The van der Waals surface area contributed by atoms with E-state index in [0.717, 1.165) is 24.6 Å². The molecule has 1 aromatic heterocycles. The zero-order valence-electron chi connectivity index (χ0n) is 13.4. The maximum Gasteiger partial charge on any atom is 0.219 e. The van der Waals surface area contributed by atoms with E-state index in [9.17, 15) is 0 Å². The molecule has 21 heavy (non-hydrogen) atoms. The van der Waals surface area contributed by atoms with Gasteiger partial charge in [0.15, 0.2) is 5.82 Å². The third-order valence-electron chi connectivity index (χ3n) is 4.04. The minimum absolute atomic E-state index is 0.281. The SMILES string of the molecule is CCOCc1nc(NC)cc(OC2CCCC(CC)C2)n1. The highest BCUT2D eigenvalue weighted by Gasteiger charge is 2.22. The Bertz CT molecular complexity index is 440. The molecule has 0 spiro atoms. The molecule has 0 saturated heterocycles. The maximum atomic E-state index is 6.10. The van der Waals surface area contributed by atoms with Crippen LogP contribution in [0.1, 0.15) is 51.8 Å².